The van der Waals surface area contributed by atoms with Crippen LogP contribution in [0.4, 0.5) is 11.5 Å². The van der Waals surface area contributed by atoms with Crippen LogP contribution in [0, 0.1) is 6.92 Å². The van der Waals surface area contributed by atoms with Crippen molar-refractivity contribution in [1.82, 2.24) is 19.5 Å². The molecule has 2 heterocycles. The molecule has 4 aromatic rings. The normalized spacial score (nSPS) is 15.2. The summed E-state index contributed by atoms with van der Waals surface area (Å²) in [5, 5.41) is 3.18. The van der Waals surface area contributed by atoms with Gasteiger partial charge < -0.3 is 9.88 Å². The van der Waals surface area contributed by atoms with Crippen molar-refractivity contribution in [3.8, 4) is 16.9 Å². The highest BCUT2D eigenvalue weighted by Gasteiger charge is 2.33. The standard InChI is InChI=1S/C24H23N5O6S2/c1-15-11-29(14-25-15)19-7-4-6-18(10-19)26-24-22-17(12-36(30,31)32)9-16-5-2-3-8-20(16)23(22)27-21(28-24)13-37(33,34)35/h2-8,10-11,14,17H,9,12-13H2,1H3,(H,26,27,28)(H,30,31,32)(H,33,34,35). The van der Waals surface area contributed by atoms with Gasteiger partial charge in [-0.2, -0.15) is 16.8 Å². The maximum atomic E-state index is 11.9. The van der Waals surface area contributed by atoms with Crippen LogP contribution in [0.25, 0.3) is 16.9 Å². The zero-order chi connectivity index (χ0) is 26.4. The Kier molecular flexibility index (Phi) is 6.31. The number of aryl methyl sites for hydroxylation is 1. The molecule has 37 heavy (non-hydrogen) atoms. The average molecular weight is 542 g/mol. The van der Waals surface area contributed by atoms with E-state index < -0.39 is 37.7 Å². The highest BCUT2D eigenvalue weighted by molar-refractivity contribution is 7.85. The van der Waals surface area contributed by atoms with Gasteiger partial charge in [0, 0.05) is 34.6 Å². The van der Waals surface area contributed by atoms with E-state index in [-0.39, 0.29) is 11.6 Å². The molecular weight excluding hydrogens is 518 g/mol. The fourth-order valence-corrected chi connectivity index (χ4v) is 5.82. The van der Waals surface area contributed by atoms with Crippen LogP contribution in [-0.2, 0) is 32.4 Å². The fraction of sp³-hybridized carbons (Fsp3) is 0.208. The lowest BCUT2D eigenvalue weighted by Gasteiger charge is -2.28. The van der Waals surface area contributed by atoms with E-state index in [1.165, 1.54) is 0 Å². The lowest BCUT2D eigenvalue weighted by Crippen LogP contribution is -2.23. The van der Waals surface area contributed by atoms with Gasteiger partial charge in [-0.3, -0.25) is 9.11 Å². The van der Waals surface area contributed by atoms with Gasteiger partial charge in [-0.25, -0.2) is 15.0 Å². The van der Waals surface area contributed by atoms with Gasteiger partial charge in [0.05, 0.1) is 23.5 Å². The molecule has 1 atom stereocenters. The van der Waals surface area contributed by atoms with E-state index in [9.17, 15) is 25.9 Å². The Bertz CT molecular complexity index is 1720. The minimum atomic E-state index is -4.45. The lowest BCUT2D eigenvalue weighted by atomic mass is 9.82. The number of imidazole rings is 1. The van der Waals surface area contributed by atoms with E-state index in [1.807, 2.05) is 42.0 Å². The summed E-state index contributed by atoms with van der Waals surface area (Å²) in [6.07, 6.45) is 3.83. The summed E-state index contributed by atoms with van der Waals surface area (Å²) in [6.45, 7) is 1.87. The number of nitrogens with zero attached hydrogens (tertiary/aromatic N) is 4. The molecule has 2 aromatic carbocycles. The number of anilines is 2. The summed E-state index contributed by atoms with van der Waals surface area (Å²) in [7, 11) is -8.82. The third-order valence-corrected chi connectivity index (χ3v) is 7.43. The molecular formula is C24H23N5O6S2. The Hall–Kier alpha value is -3.65. The van der Waals surface area contributed by atoms with Crippen LogP contribution in [0.5, 0.6) is 0 Å². The summed E-state index contributed by atoms with van der Waals surface area (Å²) in [6, 6.07) is 14.5. The topological polar surface area (TPSA) is 164 Å². The predicted molar refractivity (Wildman–Crippen MR) is 137 cm³/mol. The first kappa shape index (κ1) is 25.0. The summed E-state index contributed by atoms with van der Waals surface area (Å²) in [4.78, 5) is 13.0. The molecule has 192 valence electrons. The van der Waals surface area contributed by atoms with Crippen LogP contribution in [0.15, 0.2) is 61.1 Å². The largest absolute Gasteiger partial charge is 0.340 e. The molecule has 0 spiro atoms. The van der Waals surface area contributed by atoms with E-state index in [0.717, 1.165) is 16.9 Å². The van der Waals surface area contributed by atoms with Crippen molar-refractivity contribution < 1.29 is 25.9 Å². The number of hydrogen-bond acceptors (Lipinski definition) is 8. The van der Waals surface area contributed by atoms with Crippen molar-refractivity contribution in [1.29, 1.82) is 0 Å². The van der Waals surface area contributed by atoms with Crippen molar-refractivity contribution in [2.45, 2.75) is 25.0 Å². The molecule has 11 nitrogen and oxygen atoms in total. The van der Waals surface area contributed by atoms with Crippen LogP contribution in [0.3, 0.4) is 0 Å². The molecule has 1 aliphatic carbocycles. The Labute approximate surface area is 213 Å². The third kappa shape index (κ3) is 5.69. The van der Waals surface area contributed by atoms with E-state index in [2.05, 4.69) is 20.3 Å². The SMILES string of the molecule is Cc1cn(-c2cccc(Nc3nc(CS(=O)(=O)O)nc4c3C(CS(=O)(=O)O)Cc3ccccc3-4)c2)cn1. The Morgan fingerprint density at radius 2 is 1.81 bits per heavy atom. The molecule has 0 bridgehead atoms. The molecule has 5 rings (SSSR count). The zero-order valence-electron chi connectivity index (χ0n) is 19.6. The van der Waals surface area contributed by atoms with Crippen molar-refractivity contribution in [3.05, 3.63) is 83.7 Å². The number of fused-ring (bicyclic) bond motifs is 3. The molecule has 1 unspecified atom stereocenters. The maximum absolute atomic E-state index is 11.9. The second-order valence-corrected chi connectivity index (χ2v) is 11.8. The molecule has 0 radical (unpaired) electrons. The van der Waals surface area contributed by atoms with Crippen molar-refractivity contribution >= 4 is 31.7 Å². The first-order valence-electron chi connectivity index (χ1n) is 11.2. The van der Waals surface area contributed by atoms with Gasteiger partial charge in [0.15, 0.2) is 0 Å². The van der Waals surface area contributed by atoms with E-state index in [1.54, 1.807) is 30.6 Å². The number of hydrogen-bond donors (Lipinski definition) is 3. The lowest BCUT2D eigenvalue weighted by molar-refractivity contribution is 0.476. The van der Waals surface area contributed by atoms with Crippen LogP contribution >= 0.6 is 0 Å². The molecule has 3 N–H and O–H groups in total. The maximum Gasteiger partial charge on any atom is 0.272 e. The van der Waals surface area contributed by atoms with Crippen LogP contribution < -0.4 is 5.32 Å². The quantitative estimate of drug-likeness (QED) is 0.296. The smallest absolute Gasteiger partial charge is 0.272 e. The fourth-order valence-electron chi connectivity index (χ4n) is 4.57. The number of aromatic nitrogens is 4. The first-order chi connectivity index (χ1) is 17.4. The number of benzene rings is 2. The molecule has 2 aromatic heterocycles. The zero-order valence-corrected chi connectivity index (χ0v) is 21.2. The van der Waals surface area contributed by atoms with E-state index in [4.69, 9.17) is 0 Å². The van der Waals surface area contributed by atoms with Crippen LogP contribution in [0.1, 0.15) is 28.6 Å². The molecule has 0 aliphatic heterocycles. The predicted octanol–water partition coefficient (Wildman–Crippen LogP) is 3.30. The highest BCUT2D eigenvalue weighted by Crippen LogP contribution is 2.43. The average Bonchev–Trinajstić information content (AvgIpc) is 3.23. The van der Waals surface area contributed by atoms with Crippen LogP contribution in [-0.4, -0.2) is 51.2 Å². The molecule has 0 saturated carbocycles. The van der Waals surface area contributed by atoms with Crippen molar-refractivity contribution in [3.63, 3.8) is 0 Å². The Balaban J connectivity index is 1.68. The third-order valence-electron chi connectivity index (χ3n) is 5.98. The second kappa shape index (κ2) is 9.34. The summed E-state index contributed by atoms with van der Waals surface area (Å²) < 4.78 is 68.2. The molecule has 1 aliphatic rings. The van der Waals surface area contributed by atoms with Gasteiger partial charge in [0.1, 0.15) is 17.4 Å². The Morgan fingerprint density at radius 1 is 1.03 bits per heavy atom. The minimum absolute atomic E-state index is 0.160. The van der Waals surface area contributed by atoms with Gasteiger partial charge in [0.2, 0.25) is 0 Å². The highest BCUT2D eigenvalue weighted by atomic mass is 32.2. The van der Waals surface area contributed by atoms with Gasteiger partial charge in [-0.15, -0.1) is 0 Å². The summed E-state index contributed by atoms with van der Waals surface area (Å²) in [5.41, 5.74) is 4.48. The van der Waals surface area contributed by atoms with Crippen molar-refractivity contribution in [2.24, 2.45) is 0 Å². The number of nitrogens with one attached hydrogen (secondary N) is 1. The monoisotopic (exact) mass is 541 g/mol. The molecule has 0 fully saturated rings. The first-order valence-corrected chi connectivity index (χ1v) is 14.4. The molecule has 0 saturated heterocycles. The summed E-state index contributed by atoms with van der Waals surface area (Å²) >= 11 is 0. The van der Waals surface area contributed by atoms with Crippen molar-refractivity contribution in [2.75, 3.05) is 11.1 Å². The van der Waals surface area contributed by atoms with Gasteiger partial charge >= 0.3 is 0 Å². The summed E-state index contributed by atoms with van der Waals surface area (Å²) in [5.74, 6) is -2.08. The Morgan fingerprint density at radius 3 is 2.51 bits per heavy atom. The number of rotatable bonds is 7. The van der Waals surface area contributed by atoms with Gasteiger partial charge in [0.25, 0.3) is 20.2 Å². The van der Waals surface area contributed by atoms with E-state index in [0.29, 0.717) is 28.9 Å². The molecule has 0 amide bonds. The van der Waals surface area contributed by atoms with Gasteiger partial charge in [-0.05, 0) is 37.1 Å². The second-order valence-electron chi connectivity index (χ2n) is 8.88. The van der Waals surface area contributed by atoms with Gasteiger partial charge in [-0.1, -0.05) is 30.3 Å². The van der Waals surface area contributed by atoms with Crippen LogP contribution in [0.2, 0.25) is 0 Å². The molecule has 13 heteroatoms. The van der Waals surface area contributed by atoms with E-state index >= 15 is 0 Å². The minimum Gasteiger partial charge on any atom is -0.340 e.